The van der Waals surface area contributed by atoms with E-state index in [1.54, 1.807) is 22.7 Å². The molecule has 8 rings (SSSR count). The second-order valence-corrected chi connectivity index (χ2v) is 22.7. The average Bonchev–Trinajstić information content (AvgIpc) is 4.19. The lowest BCUT2D eigenvalue weighted by molar-refractivity contribution is -0.144. The Hall–Kier alpha value is -6.44. The number of aliphatic hydroxyl groups excluding tert-OH is 1. The standard InChI is InChI=1S/C58H70N8O8S2/c1-9-39-12-17-41(18-13-39)52-51-35(2)37(4)76-57(51)66-38(5)63-64-55(66)46(61-52)31-49(69)60-43-21-23-45(24-22-43)74-29-11-27-72-26-10-28-73-33-50(70)62-54(58(6,7)8)56(71)65-32-44(67)30-47(65)48(68)25-16-40-14-19-42(20-15-40)53-36(3)59-34-75-53/h12-15,17-24,34,44,46-47,54,67H,9-11,16,25-33H2,1-8H3,(H,60,69)(H,62,70)/t44-,46?,47+,54-/m1/s1. The van der Waals surface area contributed by atoms with Gasteiger partial charge in [0, 0.05) is 67.3 Å². The van der Waals surface area contributed by atoms with Crippen molar-refractivity contribution in [1.82, 2.24) is 30.0 Å². The summed E-state index contributed by atoms with van der Waals surface area (Å²) in [5, 5.41) is 26.5. The Balaban J connectivity index is 0.726. The summed E-state index contributed by atoms with van der Waals surface area (Å²) >= 11 is 3.28. The number of aliphatic hydroxyl groups is 1. The molecule has 0 bridgehead atoms. The first-order chi connectivity index (χ1) is 36.5. The number of carbonyl (C=O) groups is 4. The van der Waals surface area contributed by atoms with Crippen molar-refractivity contribution in [2.24, 2.45) is 10.4 Å². The molecule has 4 atom stereocenters. The number of nitrogens with one attached hydrogen (secondary N) is 2. The van der Waals surface area contributed by atoms with Gasteiger partial charge in [0.25, 0.3) is 0 Å². The molecule has 18 heteroatoms. The van der Waals surface area contributed by atoms with Crippen LogP contribution in [0.5, 0.6) is 5.75 Å². The molecule has 402 valence electrons. The second-order valence-electron chi connectivity index (χ2n) is 20.6. The van der Waals surface area contributed by atoms with Crippen molar-refractivity contribution in [2.45, 2.75) is 125 Å². The van der Waals surface area contributed by atoms with E-state index in [1.807, 2.05) is 88.7 Å². The molecule has 1 fully saturated rings. The maximum atomic E-state index is 14.0. The molecule has 76 heavy (non-hydrogen) atoms. The van der Waals surface area contributed by atoms with E-state index in [0.29, 0.717) is 56.3 Å². The number of hydrogen-bond acceptors (Lipinski definition) is 14. The predicted octanol–water partition coefficient (Wildman–Crippen LogP) is 9.06. The molecule has 16 nitrogen and oxygen atoms in total. The number of aryl methyl sites for hydroxylation is 5. The van der Waals surface area contributed by atoms with Gasteiger partial charge in [0.05, 0.1) is 47.0 Å². The highest BCUT2D eigenvalue weighted by atomic mass is 32.1. The van der Waals surface area contributed by atoms with Crippen LogP contribution in [0.4, 0.5) is 5.69 Å². The molecule has 3 N–H and O–H groups in total. The van der Waals surface area contributed by atoms with E-state index >= 15 is 0 Å². The van der Waals surface area contributed by atoms with Gasteiger partial charge in [-0.05, 0) is 98.9 Å². The largest absolute Gasteiger partial charge is 0.494 e. The number of carbonyl (C=O) groups excluding carboxylic acids is 4. The van der Waals surface area contributed by atoms with Crippen LogP contribution in [0, 0.1) is 33.1 Å². The normalized spacial score (nSPS) is 16.6. The van der Waals surface area contributed by atoms with E-state index in [9.17, 15) is 24.3 Å². The van der Waals surface area contributed by atoms with Crippen LogP contribution in [0.25, 0.3) is 15.4 Å². The fraction of sp³-hybridized carbons (Fsp3) is 0.448. The zero-order chi connectivity index (χ0) is 54.1. The Labute approximate surface area is 453 Å². The maximum absolute atomic E-state index is 14.0. The highest BCUT2D eigenvalue weighted by Gasteiger charge is 2.44. The van der Waals surface area contributed by atoms with Gasteiger partial charge in [0.2, 0.25) is 17.7 Å². The minimum Gasteiger partial charge on any atom is -0.494 e. The van der Waals surface area contributed by atoms with Gasteiger partial charge in [-0.25, -0.2) is 4.98 Å². The van der Waals surface area contributed by atoms with Gasteiger partial charge in [-0.2, -0.15) is 0 Å². The third-order valence-electron chi connectivity index (χ3n) is 13.9. The molecule has 0 saturated carbocycles. The topological polar surface area (TPSA) is 199 Å². The summed E-state index contributed by atoms with van der Waals surface area (Å²) in [5.41, 5.74) is 10.1. The maximum Gasteiger partial charge on any atom is 0.246 e. The zero-order valence-electron chi connectivity index (χ0n) is 44.8. The number of aromatic nitrogens is 4. The number of β-amino-alcohol motifs (C(OH)–C–C–N with tert-alkyl or cyclic N) is 1. The molecule has 3 amide bonds. The molecule has 0 radical (unpaired) electrons. The lowest BCUT2D eigenvalue weighted by Crippen LogP contribution is -2.57. The quantitative estimate of drug-likeness (QED) is 0.0518. The van der Waals surface area contributed by atoms with Crippen LogP contribution in [0.15, 0.2) is 83.3 Å². The summed E-state index contributed by atoms with van der Waals surface area (Å²) in [6.07, 6.45) is 2.27. The fourth-order valence-corrected chi connectivity index (χ4v) is 11.6. The summed E-state index contributed by atoms with van der Waals surface area (Å²) in [4.78, 5) is 67.7. The third kappa shape index (κ3) is 13.6. The van der Waals surface area contributed by atoms with Gasteiger partial charge in [-0.3, -0.25) is 28.7 Å². The van der Waals surface area contributed by atoms with E-state index in [2.05, 4.69) is 75.4 Å². The molecule has 3 aromatic heterocycles. The van der Waals surface area contributed by atoms with Gasteiger partial charge in [-0.15, -0.1) is 32.9 Å². The van der Waals surface area contributed by atoms with E-state index in [-0.39, 0.29) is 50.7 Å². The number of nitrogens with zero attached hydrogens (tertiary/aromatic N) is 6. The lowest BCUT2D eigenvalue weighted by atomic mass is 9.85. The Bertz CT molecular complexity index is 3010. The molecule has 2 aliphatic rings. The van der Waals surface area contributed by atoms with Crippen molar-refractivity contribution in [3.63, 3.8) is 0 Å². The first-order valence-electron chi connectivity index (χ1n) is 26.2. The first-order valence-corrected chi connectivity index (χ1v) is 27.9. The number of anilines is 1. The number of likely N-dealkylation sites (tertiary alicyclic amines) is 1. The summed E-state index contributed by atoms with van der Waals surface area (Å²) < 4.78 is 19.4. The minimum atomic E-state index is -0.933. The Morgan fingerprint density at radius 2 is 1.53 bits per heavy atom. The highest BCUT2D eigenvalue weighted by molar-refractivity contribution is 7.15. The zero-order valence-corrected chi connectivity index (χ0v) is 46.4. The van der Waals surface area contributed by atoms with Crippen molar-refractivity contribution < 1.29 is 38.5 Å². The highest BCUT2D eigenvalue weighted by Crippen LogP contribution is 2.40. The summed E-state index contributed by atoms with van der Waals surface area (Å²) in [7, 11) is 0. The van der Waals surface area contributed by atoms with Gasteiger partial charge in [0.1, 0.15) is 35.3 Å². The fourth-order valence-electron chi connectivity index (χ4n) is 9.54. The van der Waals surface area contributed by atoms with Crippen molar-refractivity contribution in [3.05, 3.63) is 128 Å². The molecule has 0 aliphatic carbocycles. The van der Waals surface area contributed by atoms with Crippen LogP contribution in [0.3, 0.4) is 0 Å². The molecule has 1 saturated heterocycles. The smallest absolute Gasteiger partial charge is 0.246 e. The summed E-state index contributed by atoms with van der Waals surface area (Å²) in [6.45, 7) is 17.2. The van der Waals surface area contributed by atoms with Crippen LogP contribution >= 0.6 is 22.7 Å². The summed E-state index contributed by atoms with van der Waals surface area (Å²) in [5.74, 6) is 0.881. The van der Waals surface area contributed by atoms with E-state index in [0.717, 1.165) is 61.3 Å². The molecular weight excluding hydrogens is 1000 g/mol. The molecule has 3 aromatic carbocycles. The van der Waals surface area contributed by atoms with Crippen molar-refractivity contribution in [3.8, 4) is 21.2 Å². The van der Waals surface area contributed by atoms with Crippen LogP contribution in [0.1, 0.15) is 116 Å². The Morgan fingerprint density at radius 3 is 2.21 bits per heavy atom. The number of benzene rings is 3. The molecule has 0 spiro atoms. The number of fused-ring (bicyclic) bond motifs is 3. The molecule has 2 aliphatic heterocycles. The van der Waals surface area contributed by atoms with Crippen molar-refractivity contribution in [1.29, 1.82) is 0 Å². The first kappa shape index (κ1) is 55.8. The minimum absolute atomic E-state index is 0.0246. The number of thiophene rings is 1. The number of Topliss-reactive ketones (excluding diaryl/α,β-unsaturated/α-hetero) is 1. The number of hydrogen-bond donors (Lipinski definition) is 3. The van der Waals surface area contributed by atoms with Crippen molar-refractivity contribution in [2.75, 3.05) is 44.9 Å². The van der Waals surface area contributed by atoms with Crippen LogP contribution in [-0.2, 0) is 41.5 Å². The number of thiazole rings is 1. The molecular formula is C58H70N8O8S2. The molecule has 5 heterocycles. The SMILES string of the molecule is CCc1ccc(C2=NC(CC(=O)Nc3ccc(OCCCOCCCOCC(=O)N[C@H](C(=O)N4C[C@H](O)C[C@H]4C(=O)CCc4ccc(-c5scnc5C)cc4)C(C)(C)C)cc3)c3nnc(C)n3-c3sc(C)c(C)c32)cc1. The van der Waals surface area contributed by atoms with Gasteiger partial charge in [0.15, 0.2) is 11.6 Å². The lowest BCUT2D eigenvalue weighted by Gasteiger charge is -2.35. The van der Waals surface area contributed by atoms with Crippen LogP contribution in [-0.4, -0.2) is 117 Å². The van der Waals surface area contributed by atoms with Gasteiger partial charge < -0.3 is 34.9 Å². The van der Waals surface area contributed by atoms with Crippen molar-refractivity contribution >= 4 is 57.6 Å². The van der Waals surface area contributed by atoms with E-state index in [4.69, 9.17) is 19.2 Å². The average molecular weight is 1070 g/mol. The number of rotatable bonds is 23. The van der Waals surface area contributed by atoms with Crippen LogP contribution in [0.2, 0.25) is 0 Å². The summed E-state index contributed by atoms with van der Waals surface area (Å²) in [6, 6.07) is 21.6. The van der Waals surface area contributed by atoms with Gasteiger partial charge in [-0.1, -0.05) is 76.2 Å². The third-order valence-corrected chi connectivity index (χ3v) is 16.0. The number of ether oxygens (including phenoxy) is 3. The van der Waals surface area contributed by atoms with Gasteiger partial charge >= 0.3 is 0 Å². The Kier molecular flexibility index (Phi) is 18.5. The van der Waals surface area contributed by atoms with E-state index in [1.165, 1.54) is 15.3 Å². The number of ketones is 1. The molecule has 1 unspecified atom stereocenters. The monoisotopic (exact) mass is 1070 g/mol. The second kappa shape index (κ2) is 25.1. The molecule has 6 aromatic rings. The Morgan fingerprint density at radius 1 is 0.842 bits per heavy atom. The number of aliphatic imine (C=N–C) groups is 1. The van der Waals surface area contributed by atoms with E-state index < -0.39 is 41.5 Å². The predicted molar refractivity (Wildman–Crippen MR) is 297 cm³/mol. The van der Waals surface area contributed by atoms with Crippen LogP contribution < -0.4 is 15.4 Å². The number of amides is 3.